The zero-order chi connectivity index (χ0) is 32.7. The number of aryl methyl sites for hydroxylation is 1. The van der Waals surface area contributed by atoms with Crippen LogP contribution in [-0.2, 0) is 32.6 Å². The van der Waals surface area contributed by atoms with Crippen molar-refractivity contribution in [2.45, 2.75) is 62.6 Å². The molecule has 46 heavy (non-hydrogen) atoms. The quantitative estimate of drug-likeness (QED) is 0.163. The van der Waals surface area contributed by atoms with E-state index in [2.05, 4.69) is 37.2 Å². The van der Waals surface area contributed by atoms with Crippen molar-refractivity contribution in [3.63, 3.8) is 0 Å². The zero-order valence-corrected chi connectivity index (χ0v) is 29.6. The molecular weight excluding hydrogens is 730 g/mol. The summed E-state index contributed by atoms with van der Waals surface area (Å²) < 4.78 is 31.1. The molecule has 0 aromatic heterocycles. The highest BCUT2D eigenvalue weighted by atomic mass is 79.9. The predicted molar refractivity (Wildman–Crippen MR) is 189 cm³/mol. The van der Waals surface area contributed by atoms with Crippen molar-refractivity contribution in [1.82, 2.24) is 10.2 Å². The number of carbonyl (C=O) groups is 2. The molecule has 10 heteroatoms. The molecule has 0 heterocycles. The lowest BCUT2D eigenvalue weighted by atomic mass is 10.0. The fourth-order valence-corrected chi connectivity index (χ4v) is 7.76. The number of amides is 2. The van der Waals surface area contributed by atoms with Gasteiger partial charge in [-0.25, -0.2) is 8.42 Å². The van der Waals surface area contributed by atoms with E-state index in [0.717, 1.165) is 51.2 Å². The monoisotopic (exact) mass is 765 g/mol. The van der Waals surface area contributed by atoms with Crippen molar-refractivity contribution in [2.24, 2.45) is 0 Å². The second-order valence-electron chi connectivity index (χ2n) is 11.6. The summed E-state index contributed by atoms with van der Waals surface area (Å²) in [7, 11) is -4.16. The third-order valence-corrected chi connectivity index (χ3v) is 11.0. The average Bonchev–Trinajstić information content (AvgIpc) is 3.56. The van der Waals surface area contributed by atoms with Gasteiger partial charge in [-0.2, -0.15) is 0 Å². The minimum Gasteiger partial charge on any atom is -0.352 e. The number of rotatable bonds is 12. The molecule has 1 atom stereocenters. The van der Waals surface area contributed by atoms with Crippen LogP contribution in [0.3, 0.4) is 0 Å². The third kappa shape index (κ3) is 8.66. The van der Waals surface area contributed by atoms with Crippen molar-refractivity contribution in [3.05, 3.63) is 129 Å². The first-order chi connectivity index (χ1) is 22.1. The number of benzene rings is 4. The van der Waals surface area contributed by atoms with E-state index in [1.165, 1.54) is 4.90 Å². The summed E-state index contributed by atoms with van der Waals surface area (Å²) in [5, 5.41) is 3.20. The maximum atomic E-state index is 14.6. The predicted octanol–water partition coefficient (Wildman–Crippen LogP) is 7.41. The summed E-state index contributed by atoms with van der Waals surface area (Å²) in [4.78, 5) is 30.3. The fourth-order valence-electron chi connectivity index (χ4n) is 5.71. The van der Waals surface area contributed by atoms with E-state index in [4.69, 9.17) is 0 Å². The molecule has 1 saturated carbocycles. The van der Waals surface area contributed by atoms with Gasteiger partial charge in [0, 0.05) is 28.0 Å². The Kier molecular flexibility index (Phi) is 11.4. The molecule has 4 aromatic rings. The number of nitrogens with zero attached hydrogens (tertiary/aromatic N) is 2. The van der Waals surface area contributed by atoms with Crippen LogP contribution < -0.4 is 9.62 Å². The summed E-state index contributed by atoms with van der Waals surface area (Å²) in [6.07, 6.45) is 4.18. The van der Waals surface area contributed by atoms with Crippen LogP contribution in [0.2, 0.25) is 0 Å². The van der Waals surface area contributed by atoms with Crippen molar-refractivity contribution in [1.29, 1.82) is 0 Å². The minimum absolute atomic E-state index is 0.0514. The second-order valence-corrected chi connectivity index (χ2v) is 15.3. The number of hydrogen-bond donors (Lipinski definition) is 1. The molecule has 2 amide bonds. The molecule has 1 unspecified atom stereocenters. The van der Waals surface area contributed by atoms with Gasteiger partial charge in [0.25, 0.3) is 10.0 Å². The Morgan fingerprint density at radius 2 is 1.50 bits per heavy atom. The SMILES string of the molecule is Cc1ccc(S(=O)(=O)N(CC(=O)N(Cc2ccc(Br)cc2)C(Cc2ccccc2)C(=O)NC2CCCC2)c2cccc(Br)c2)cc1. The Morgan fingerprint density at radius 3 is 2.15 bits per heavy atom. The van der Waals surface area contributed by atoms with Crippen molar-refractivity contribution >= 4 is 59.4 Å². The van der Waals surface area contributed by atoms with E-state index in [-0.39, 0.29) is 29.8 Å². The van der Waals surface area contributed by atoms with E-state index in [0.29, 0.717) is 10.2 Å². The third-order valence-electron chi connectivity index (χ3n) is 8.22. The molecule has 1 fully saturated rings. The summed E-state index contributed by atoms with van der Waals surface area (Å²) in [6.45, 7) is 1.51. The maximum Gasteiger partial charge on any atom is 0.264 e. The molecule has 0 spiro atoms. The second kappa shape index (κ2) is 15.4. The van der Waals surface area contributed by atoms with E-state index in [1.807, 2.05) is 61.5 Å². The highest BCUT2D eigenvalue weighted by molar-refractivity contribution is 9.10. The van der Waals surface area contributed by atoms with E-state index in [9.17, 15) is 18.0 Å². The largest absolute Gasteiger partial charge is 0.352 e. The van der Waals surface area contributed by atoms with Gasteiger partial charge in [0.2, 0.25) is 11.8 Å². The van der Waals surface area contributed by atoms with Crippen molar-refractivity contribution < 1.29 is 18.0 Å². The first kappa shape index (κ1) is 33.9. The Hall–Kier alpha value is -3.47. The molecule has 0 aliphatic heterocycles. The molecule has 4 aromatic carbocycles. The fraction of sp³-hybridized carbons (Fsp3) is 0.278. The van der Waals surface area contributed by atoms with Gasteiger partial charge in [-0.05, 0) is 73.4 Å². The van der Waals surface area contributed by atoms with Crippen LogP contribution in [0.5, 0.6) is 0 Å². The van der Waals surface area contributed by atoms with Crippen LogP contribution in [0.25, 0.3) is 0 Å². The zero-order valence-electron chi connectivity index (χ0n) is 25.6. The van der Waals surface area contributed by atoms with Gasteiger partial charge in [0.15, 0.2) is 0 Å². The molecule has 1 aliphatic carbocycles. The Balaban J connectivity index is 1.56. The van der Waals surface area contributed by atoms with E-state index < -0.39 is 28.5 Å². The van der Waals surface area contributed by atoms with Crippen molar-refractivity contribution in [3.8, 4) is 0 Å². The number of halogens is 2. The van der Waals surface area contributed by atoms with Gasteiger partial charge in [-0.3, -0.25) is 13.9 Å². The van der Waals surface area contributed by atoms with E-state index in [1.54, 1.807) is 48.5 Å². The highest BCUT2D eigenvalue weighted by Crippen LogP contribution is 2.28. The minimum atomic E-state index is -4.16. The van der Waals surface area contributed by atoms with E-state index >= 15 is 0 Å². The Morgan fingerprint density at radius 1 is 0.826 bits per heavy atom. The lowest BCUT2D eigenvalue weighted by Gasteiger charge is -2.34. The number of hydrogen-bond acceptors (Lipinski definition) is 4. The molecule has 0 bridgehead atoms. The molecule has 7 nitrogen and oxygen atoms in total. The van der Waals surface area contributed by atoms with Crippen LogP contribution in [0, 0.1) is 6.92 Å². The summed E-state index contributed by atoms with van der Waals surface area (Å²) in [6, 6.07) is 29.8. The standard InChI is InChI=1S/C36H37Br2N3O4S/c1-26-14-20-33(21-15-26)46(44,45)41(32-13-7-10-30(38)23-32)25-35(42)40(24-28-16-18-29(37)19-17-28)34(22-27-8-3-2-4-9-27)36(43)39-31-11-5-6-12-31/h2-4,7-10,13-21,23,31,34H,5-6,11-12,22,24-25H2,1H3,(H,39,43). The highest BCUT2D eigenvalue weighted by Gasteiger charge is 2.35. The summed E-state index contributed by atoms with van der Waals surface area (Å²) in [5.41, 5.74) is 2.97. The molecule has 0 saturated heterocycles. The smallest absolute Gasteiger partial charge is 0.264 e. The summed E-state index contributed by atoms with van der Waals surface area (Å²) >= 11 is 6.93. The molecule has 0 radical (unpaired) electrons. The first-order valence-electron chi connectivity index (χ1n) is 15.3. The number of anilines is 1. The van der Waals surface area contributed by atoms with Crippen molar-refractivity contribution in [2.75, 3.05) is 10.8 Å². The van der Waals surface area contributed by atoms with Crippen LogP contribution in [0.1, 0.15) is 42.4 Å². The Labute approximate surface area is 288 Å². The molecule has 5 rings (SSSR count). The maximum absolute atomic E-state index is 14.6. The average molecular weight is 768 g/mol. The van der Waals surface area contributed by atoms with Crippen LogP contribution in [0.4, 0.5) is 5.69 Å². The van der Waals surface area contributed by atoms with Crippen LogP contribution in [0.15, 0.2) is 117 Å². The van der Waals surface area contributed by atoms with Gasteiger partial charge in [-0.1, -0.05) is 111 Å². The van der Waals surface area contributed by atoms with Gasteiger partial charge < -0.3 is 10.2 Å². The summed E-state index contributed by atoms with van der Waals surface area (Å²) in [5.74, 6) is -0.724. The topological polar surface area (TPSA) is 86.8 Å². The van der Waals surface area contributed by atoms with Crippen LogP contribution >= 0.6 is 31.9 Å². The molecular formula is C36H37Br2N3O4S. The van der Waals surface area contributed by atoms with Crippen LogP contribution in [-0.4, -0.2) is 43.8 Å². The van der Waals surface area contributed by atoms with Gasteiger partial charge in [0.1, 0.15) is 12.6 Å². The number of carbonyl (C=O) groups excluding carboxylic acids is 2. The molecule has 1 aliphatic rings. The Bertz CT molecular complexity index is 1740. The molecule has 1 N–H and O–H groups in total. The number of nitrogens with one attached hydrogen (secondary N) is 1. The van der Waals surface area contributed by atoms with Gasteiger partial charge >= 0.3 is 0 Å². The lowest BCUT2D eigenvalue weighted by Crippen LogP contribution is -2.54. The number of sulfonamides is 1. The first-order valence-corrected chi connectivity index (χ1v) is 18.4. The normalized spacial score (nSPS) is 14.1. The van der Waals surface area contributed by atoms with Gasteiger partial charge in [0.05, 0.1) is 10.6 Å². The van der Waals surface area contributed by atoms with Gasteiger partial charge in [-0.15, -0.1) is 0 Å². The lowest BCUT2D eigenvalue weighted by molar-refractivity contribution is -0.140. The molecule has 240 valence electrons.